The number of nitrogens with one attached hydrogen (secondary N) is 2. The van der Waals surface area contributed by atoms with Crippen LogP contribution in [-0.4, -0.2) is 72.4 Å². The Hall–Kier alpha value is -2.87. The van der Waals surface area contributed by atoms with Gasteiger partial charge in [-0.25, -0.2) is 0 Å². The average Bonchev–Trinajstić information content (AvgIpc) is 3.29. The number of hydrogen-bond donors (Lipinski definition) is 2. The molecule has 4 atom stereocenters. The summed E-state index contributed by atoms with van der Waals surface area (Å²) >= 11 is 0. The number of likely N-dealkylation sites (N-methyl/N-ethyl adjacent to an activating group) is 1. The molecule has 2 N–H and O–H groups in total. The minimum absolute atomic E-state index is 0.0745. The molecule has 2 bridgehead atoms. The molecule has 8 heteroatoms. The summed E-state index contributed by atoms with van der Waals surface area (Å²) in [5.41, 5.74) is 0.919. The standard InChI is InChI=1S/C27H40N4O4/c1-17(2)16-22(30(5)6)26(33)29-23-24(18(3)4)35-20-11-9-19(10-12-20)13-14-28-25(32)21-8-7-15-31(21)27(23)34/h9-14,17-18,21-24H,7-8,15-16H2,1-6H3,(H,28,32)(H,29,33)/t21-,22+,23-,24-/m1/s1. The molecule has 8 nitrogen and oxygen atoms in total. The Morgan fingerprint density at radius 1 is 1.17 bits per heavy atom. The van der Waals surface area contributed by atoms with Crippen molar-refractivity contribution in [3.05, 3.63) is 36.0 Å². The van der Waals surface area contributed by atoms with Gasteiger partial charge in [0.05, 0.1) is 6.04 Å². The molecule has 1 saturated heterocycles. The molecule has 3 aliphatic heterocycles. The second kappa shape index (κ2) is 11.7. The smallest absolute Gasteiger partial charge is 0.249 e. The van der Waals surface area contributed by atoms with Crippen LogP contribution < -0.4 is 15.4 Å². The highest BCUT2D eigenvalue weighted by Gasteiger charge is 2.43. The van der Waals surface area contributed by atoms with Crippen LogP contribution in [0.15, 0.2) is 30.5 Å². The van der Waals surface area contributed by atoms with Crippen molar-refractivity contribution in [1.29, 1.82) is 0 Å². The number of hydrogen-bond acceptors (Lipinski definition) is 5. The second-order valence-electron chi connectivity index (χ2n) is 10.5. The number of carbonyl (C=O) groups is 3. The van der Waals surface area contributed by atoms with Gasteiger partial charge in [0.2, 0.25) is 17.7 Å². The summed E-state index contributed by atoms with van der Waals surface area (Å²) in [7, 11) is 3.74. The summed E-state index contributed by atoms with van der Waals surface area (Å²) < 4.78 is 6.35. The van der Waals surface area contributed by atoms with E-state index in [1.807, 2.05) is 63.2 Å². The molecule has 1 aromatic carbocycles. The SMILES string of the molecule is CC(C)C[C@@H](C(=O)N[C@H]1C(=O)N2CCC[C@@H]2C(=O)NC=Cc2ccc(cc2)O[C@@H]1C(C)C)N(C)C. The lowest BCUT2D eigenvalue weighted by atomic mass is 9.96. The van der Waals surface area contributed by atoms with E-state index in [9.17, 15) is 14.4 Å². The van der Waals surface area contributed by atoms with Gasteiger partial charge in [-0.15, -0.1) is 0 Å². The van der Waals surface area contributed by atoms with Crippen molar-refractivity contribution in [2.45, 2.75) is 71.2 Å². The minimum atomic E-state index is -0.927. The molecule has 0 aromatic heterocycles. The number of amides is 3. The maximum Gasteiger partial charge on any atom is 0.249 e. The summed E-state index contributed by atoms with van der Waals surface area (Å²) in [6.07, 6.45) is 4.79. The van der Waals surface area contributed by atoms with E-state index in [0.717, 1.165) is 12.0 Å². The van der Waals surface area contributed by atoms with Crippen molar-refractivity contribution in [3.8, 4) is 5.75 Å². The molecule has 4 rings (SSSR count). The van der Waals surface area contributed by atoms with Gasteiger partial charge >= 0.3 is 0 Å². The van der Waals surface area contributed by atoms with Crippen LogP contribution in [-0.2, 0) is 14.4 Å². The van der Waals surface area contributed by atoms with Crippen molar-refractivity contribution in [3.63, 3.8) is 0 Å². The fraction of sp³-hybridized carbons (Fsp3) is 0.593. The Morgan fingerprint density at radius 2 is 1.86 bits per heavy atom. The van der Waals surface area contributed by atoms with Crippen LogP contribution >= 0.6 is 0 Å². The summed E-state index contributed by atoms with van der Waals surface area (Å²) in [5, 5.41) is 5.86. The van der Waals surface area contributed by atoms with Gasteiger partial charge < -0.3 is 20.3 Å². The zero-order valence-corrected chi connectivity index (χ0v) is 21.8. The predicted octanol–water partition coefficient (Wildman–Crippen LogP) is 2.64. The highest BCUT2D eigenvalue weighted by Crippen LogP contribution is 2.25. The Kier molecular flexibility index (Phi) is 8.94. The van der Waals surface area contributed by atoms with E-state index in [4.69, 9.17) is 4.74 Å². The van der Waals surface area contributed by atoms with Crippen LogP contribution in [0, 0.1) is 11.8 Å². The first-order chi connectivity index (χ1) is 16.6. The maximum absolute atomic E-state index is 14.0. The first kappa shape index (κ1) is 26.7. The van der Waals surface area contributed by atoms with Crippen molar-refractivity contribution < 1.29 is 19.1 Å². The Balaban J connectivity index is 2.01. The lowest BCUT2D eigenvalue weighted by Gasteiger charge is -2.36. The van der Waals surface area contributed by atoms with Crippen molar-refractivity contribution in [1.82, 2.24) is 20.4 Å². The normalized spacial score (nSPS) is 23.8. The van der Waals surface area contributed by atoms with E-state index in [1.165, 1.54) is 0 Å². The number of carbonyl (C=O) groups excluding carboxylic acids is 3. The summed E-state index contributed by atoms with van der Waals surface area (Å²) in [5.74, 6) is 0.139. The van der Waals surface area contributed by atoms with E-state index in [2.05, 4.69) is 24.5 Å². The molecule has 0 spiro atoms. The van der Waals surface area contributed by atoms with Gasteiger partial charge in [0.15, 0.2) is 0 Å². The highest BCUT2D eigenvalue weighted by molar-refractivity contribution is 5.94. The Labute approximate surface area is 209 Å². The fourth-order valence-electron chi connectivity index (χ4n) is 4.73. The van der Waals surface area contributed by atoms with Crippen LogP contribution in [0.2, 0.25) is 0 Å². The van der Waals surface area contributed by atoms with Crippen LogP contribution in [0.5, 0.6) is 5.75 Å². The van der Waals surface area contributed by atoms with E-state index >= 15 is 0 Å². The number of fused-ring (bicyclic) bond motifs is 7. The van der Waals surface area contributed by atoms with Gasteiger partial charge in [-0.1, -0.05) is 39.8 Å². The van der Waals surface area contributed by atoms with Crippen LogP contribution in [0.1, 0.15) is 52.5 Å². The zero-order valence-electron chi connectivity index (χ0n) is 21.8. The topological polar surface area (TPSA) is 91.0 Å². The number of ether oxygens (including phenoxy) is 1. The Bertz CT molecular complexity index is 926. The largest absolute Gasteiger partial charge is 0.487 e. The van der Waals surface area contributed by atoms with Crippen molar-refractivity contribution >= 4 is 23.8 Å². The third-order valence-electron chi connectivity index (χ3n) is 6.66. The second-order valence-corrected chi connectivity index (χ2v) is 10.5. The molecule has 3 heterocycles. The number of rotatable bonds is 6. The summed E-state index contributed by atoms with van der Waals surface area (Å²) in [4.78, 5) is 43.9. The highest BCUT2D eigenvalue weighted by atomic mass is 16.5. The van der Waals surface area contributed by atoms with Gasteiger partial charge in [0, 0.05) is 12.7 Å². The molecule has 0 unspecified atom stereocenters. The molecule has 0 saturated carbocycles. The number of benzene rings is 1. The first-order valence-corrected chi connectivity index (χ1v) is 12.6. The van der Waals surface area contributed by atoms with Crippen molar-refractivity contribution in [2.75, 3.05) is 20.6 Å². The summed E-state index contributed by atoms with van der Waals surface area (Å²) in [6.45, 7) is 8.56. The molecule has 35 heavy (non-hydrogen) atoms. The molecule has 1 fully saturated rings. The van der Waals surface area contributed by atoms with E-state index < -0.39 is 18.2 Å². The average molecular weight is 485 g/mol. The first-order valence-electron chi connectivity index (χ1n) is 12.6. The quantitative estimate of drug-likeness (QED) is 0.648. The third kappa shape index (κ3) is 6.63. The molecule has 0 aliphatic carbocycles. The zero-order chi connectivity index (χ0) is 25.7. The van der Waals surface area contributed by atoms with Crippen LogP contribution in [0.3, 0.4) is 0 Å². The van der Waals surface area contributed by atoms with E-state index in [0.29, 0.717) is 31.1 Å². The monoisotopic (exact) mass is 484 g/mol. The van der Waals surface area contributed by atoms with Gasteiger partial charge in [0.25, 0.3) is 0 Å². The maximum atomic E-state index is 14.0. The molecular weight excluding hydrogens is 444 g/mol. The lowest BCUT2D eigenvalue weighted by molar-refractivity contribution is -0.144. The fourth-order valence-corrected chi connectivity index (χ4v) is 4.73. The lowest BCUT2D eigenvalue weighted by Crippen LogP contribution is -2.61. The predicted molar refractivity (Wildman–Crippen MR) is 136 cm³/mol. The minimum Gasteiger partial charge on any atom is -0.487 e. The molecule has 1 aromatic rings. The van der Waals surface area contributed by atoms with Gasteiger partial charge in [-0.2, -0.15) is 0 Å². The molecule has 0 radical (unpaired) electrons. The third-order valence-corrected chi connectivity index (χ3v) is 6.66. The van der Waals surface area contributed by atoms with E-state index in [-0.39, 0.29) is 29.7 Å². The molecular formula is C27H40N4O4. The Morgan fingerprint density at radius 3 is 2.46 bits per heavy atom. The van der Waals surface area contributed by atoms with Gasteiger partial charge in [-0.05, 0) is 69.0 Å². The molecule has 3 amide bonds. The van der Waals surface area contributed by atoms with Gasteiger partial charge in [-0.3, -0.25) is 19.3 Å². The van der Waals surface area contributed by atoms with Gasteiger partial charge in [0.1, 0.15) is 23.9 Å². The van der Waals surface area contributed by atoms with E-state index in [1.54, 1.807) is 11.1 Å². The van der Waals surface area contributed by atoms with Crippen LogP contribution in [0.4, 0.5) is 0 Å². The summed E-state index contributed by atoms with van der Waals surface area (Å²) in [6, 6.07) is 5.57. The van der Waals surface area contributed by atoms with Crippen LogP contribution in [0.25, 0.3) is 6.08 Å². The van der Waals surface area contributed by atoms with Crippen molar-refractivity contribution in [2.24, 2.45) is 11.8 Å². The molecule has 3 aliphatic rings. The molecule has 192 valence electrons. The number of nitrogens with zero attached hydrogens (tertiary/aromatic N) is 2.